The van der Waals surface area contributed by atoms with Crippen molar-refractivity contribution in [2.24, 2.45) is 5.92 Å². The maximum atomic E-state index is 12.2. The third kappa shape index (κ3) is 3.19. The molecule has 1 saturated heterocycles. The first-order chi connectivity index (χ1) is 10.6. The van der Waals surface area contributed by atoms with Crippen molar-refractivity contribution in [3.8, 4) is 11.4 Å². The van der Waals surface area contributed by atoms with Crippen LogP contribution in [0.1, 0.15) is 25.7 Å². The highest BCUT2D eigenvalue weighted by Crippen LogP contribution is 2.19. The van der Waals surface area contributed by atoms with Gasteiger partial charge in [0.15, 0.2) is 0 Å². The lowest BCUT2D eigenvalue weighted by molar-refractivity contribution is -0.135. The van der Waals surface area contributed by atoms with Crippen LogP contribution in [0.5, 0.6) is 0 Å². The lowest BCUT2D eigenvalue weighted by Crippen LogP contribution is -2.45. The Morgan fingerprint density at radius 3 is 3.14 bits per heavy atom. The van der Waals surface area contributed by atoms with Crippen LogP contribution in [0.4, 0.5) is 0 Å². The molecule has 7 heteroatoms. The number of aryl methyl sites for hydroxylation is 1. The van der Waals surface area contributed by atoms with Gasteiger partial charge in [-0.1, -0.05) is 12.1 Å². The van der Waals surface area contributed by atoms with Crippen LogP contribution in [0.3, 0.4) is 0 Å². The number of aliphatic hydroxyl groups excluding tert-OH is 1. The number of carbonyl (C=O) groups is 1. The summed E-state index contributed by atoms with van der Waals surface area (Å²) in [5, 5.41) is 13.7. The molecule has 1 N–H and O–H groups in total. The molecule has 0 spiro atoms. The molecule has 0 saturated carbocycles. The van der Waals surface area contributed by atoms with Crippen molar-refractivity contribution in [3.05, 3.63) is 24.5 Å². The molecular formula is C15H19N3O4. The maximum Gasteiger partial charge on any atom is 0.227 e. The van der Waals surface area contributed by atoms with E-state index in [9.17, 15) is 9.90 Å². The van der Waals surface area contributed by atoms with Crippen molar-refractivity contribution in [2.75, 3.05) is 13.1 Å². The van der Waals surface area contributed by atoms with Gasteiger partial charge in [0.1, 0.15) is 6.26 Å². The third-order valence-corrected chi connectivity index (χ3v) is 4.07. The van der Waals surface area contributed by atoms with E-state index < -0.39 is 6.10 Å². The van der Waals surface area contributed by atoms with Crippen LogP contribution < -0.4 is 0 Å². The number of aliphatic hydroxyl groups is 1. The number of β-amino-alcohol motifs (C(OH)–C–C–N with tert-alkyl or cyclic N) is 1. The van der Waals surface area contributed by atoms with Crippen LogP contribution in [-0.2, 0) is 11.2 Å². The minimum absolute atomic E-state index is 0.00834. The third-order valence-electron chi connectivity index (χ3n) is 4.07. The van der Waals surface area contributed by atoms with Gasteiger partial charge < -0.3 is 18.9 Å². The fourth-order valence-electron chi connectivity index (χ4n) is 2.51. The van der Waals surface area contributed by atoms with E-state index >= 15 is 0 Å². The number of amides is 1. The second-order valence-electron chi connectivity index (χ2n) is 5.70. The summed E-state index contributed by atoms with van der Waals surface area (Å²) in [6.07, 6.45) is 4.17. The van der Waals surface area contributed by atoms with E-state index in [0.717, 1.165) is 12.0 Å². The van der Waals surface area contributed by atoms with Gasteiger partial charge in [-0.15, -0.1) is 0 Å². The Labute approximate surface area is 127 Å². The average Bonchev–Trinajstić information content (AvgIpc) is 3.18. The van der Waals surface area contributed by atoms with Crippen molar-refractivity contribution in [2.45, 2.75) is 32.3 Å². The Bertz CT molecular complexity index is 623. The van der Waals surface area contributed by atoms with Gasteiger partial charge in [-0.3, -0.25) is 4.79 Å². The Balaban J connectivity index is 1.53. The molecule has 22 heavy (non-hydrogen) atoms. The SMILES string of the molecule is CC1CCN(C(=O)CCc2nc(-c3ccoc3)no2)CC1O. The summed E-state index contributed by atoms with van der Waals surface area (Å²) in [7, 11) is 0. The molecule has 1 amide bonds. The second kappa shape index (κ2) is 6.31. The minimum atomic E-state index is -0.436. The molecule has 2 aromatic heterocycles. The van der Waals surface area contributed by atoms with E-state index in [2.05, 4.69) is 10.1 Å². The predicted molar refractivity (Wildman–Crippen MR) is 76.7 cm³/mol. The lowest BCUT2D eigenvalue weighted by atomic mass is 9.96. The summed E-state index contributed by atoms with van der Waals surface area (Å²) in [6, 6.07) is 1.75. The number of aromatic nitrogens is 2. The average molecular weight is 305 g/mol. The van der Waals surface area contributed by atoms with E-state index in [4.69, 9.17) is 8.94 Å². The zero-order chi connectivity index (χ0) is 15.5. The monoisotopic (exact) mass is 305 g/mol. The molecule has 0 radical (unpaired) electrons. The van der Waals surface area contributed by atoms with Crippen LogP contribution >= 0.6 is 0 Å². The van der Waals surface area contributed by atoms with Crippen LogP contribution in [0, 0.1) is 5.92 Å². The lowest BCUT2D eigenvalue weighted by Gasteiger charge is -2.34. The largest absolute Gasteiger partial charge is 0.472 e. The van der Waals surface area contributed by atoms with Crippen molar-refractivity contribution >= 4 is 5.91 Å². The quantitative estimate of drug-likeness (QED) is 0.920. The molecule has 3 rings (SSSR count). The van der Waals surface area contributed by atoms with Gasteiger partial charge in [0, 0.05) is 25.9 Å². The minimum Gasteiger partial charge on any atom is -0.472 e. The molecule has 1 aliphatic rings. The van der Waals surface area contributed by atoms with Crippen molar-refractivity contribution in [1.29, 1.82) is 0 Å². The van der Waals surface area contributed by atoms with Crippen molar-refractivity contribution in [1.82, 2.24) is 15.0 Å². The summed E-state index contributed by atoms with van der Waals surface area (Å²) in [5.74, 6) is 1.14. The fourth-order valence-corrected chi connectivity index (χ4v) is 2.51. The van der Waals surface area contributed by atoms with Gasteiger partial charge >= 0.3 is 0 Å². The van der Waals surface area contributed by atoms with E-state index in [-0.39, 0.29) is 11.8 Å². The highest BCUT2D eigenvalue weighted by Gasteiger charge is 2.27. The van der Waals surface area contributed by atoms with E-state index in [1.54, 1.807) is 11.0 Å². The molecule has 2 unspecified atom stereocenters. The molecule has 3 heterocycles. The van der Waals surface area contributed by atoms with Gasteiger partial charge in [0.25, 0.3) is 0 Å². The zero-order valence-electron chi connectivity index (χ0n) is 12.4. The highest BCUT2D eigenvalue weighted by atomic mass is 16.5. The molecule has 2 atom stereocenters. The summed E-state index contributed by atoms with van der Waals surface area (Å²) < 4.78 is 10.1. The summed E-state index contributed by atoms with van der Waals surface area (Å²) in [6.45, 7) is 3.10. The first-order valence-electron chi connectivity index (χ1n) is 7.44. The van der Waals surface area contributed by atoms with Crippen LogP contribution in [0.25, 0.3) is 11.4 Å². The van der Waals surface area contributed by atoms with Crippen molar-refractivity contribution in [3.63, 3.8) is 0 Å². The first-order valence-corrected chi connectivity index (χ1v) is 7.44. The summed E-state index contributed by atoms with van der Waals surface area (Å²) in [5.41, 5.74) is 0.745. The van der Waals surface area contributed by atoms with E-state index in [1.165, 1.54) is 12.5 Å². The Morgan fingerprint density at radius 2 is 2.41 bits per heavy atom. The molecule has 0 aliphatic carbocycles. The standard InChI is InChI=1S/C15H19N3O4/c1-10-4-6-18(8-12(10)19)14(20)3-2-13-16-15(17-22-13)11-5-7-21-9-11/h5,7,9-10,12,19H,2-4,6,8H2,1H3. The van der Waals surface area contributed by atoms with Crippen LogP contribution in [-0.4, -0.2) is 45.2 Å². The van der Waals surface area contributed by atoms with Gasteiger partial charge in [0.2, 0.25) is 17.6 Å². The van der Waals surface area contributed by atoms with Crippen LogP contribution in [0.2, 0.25) is 0 Å². The van der Waals surface area contributed by atoms with E-state index in [1.807, 2.05) is 6.92 Å². The number of likely N-dealkylation sites (tertiary alicyclic amines) is 1. The number of carbonyl (C=O) groups excluding carboxylic acids is 1. The Kier molecular flexibility index (Phi) is 4.24. The second-order valence-corrected chi connectivity index (χ2v) is 5.70. The first kappa shape index (κ1) is 14.8. The van der Waals surface area contributed by atoms with Gasteiger partial charge in [-0.2, -0.15) is 4.98 Å². The smallest absolute Gasteiger partial charge is 0.227 e. The predicted octanol–water partition coefficient (Wildman–Crippen LogP) is 1.49. The topological polar surface area (TPSA) is 92.6 Å². The Morgan fingerprint density at radius 1 is 1.55 bits per heavy atom. The normalized spacial score (nSPS) is 22.0. The van der Waals surface area contributed by atoms with Gasteiger partial charge in [0.05, 0.1) is 17.9 Å². The fraction of sp³-hybridized carbons (Fsp3) is 0.533. The number of nitrogens with zero attached hydrogens (tertiary/aromatic N) is 3. The van der Waals surface area contributed by atoms with Gasteiger partial charge in [-0.25, -0.2) is 0 Å². The van der Waals surface area contributed by atoms with Crippen molar-refractivity contribution < 1.29 is 18.8 Å². The van der Waals surface area contributed by atoms with E-state index in [0.29, 0.717) is 37.6 Å². The Hall–Kier alpha value is -2.15. The number of piperidine rings is 1. The molecular weight excluding hydrogens is 286 g/mol. The number of hydrogen-bond acceptors (Lipinski definition) is 6. The molecule has 0 bridgehead atoms. The van der Waals surface area contributed by atoms with Crippen LogP contribution in [0.15, 0.2) is 27.5 Å². The molecule has 118 valence electrons. The molecule has 0 aromatic carbocycles. The van der Waals surface area contributed by atoms with Gasteiger partial charge in [-0.05, 0) is 18.4 Å². The zero-order valence-corrected chi connectivity index (χ0v) is 12.4. The molecule has 7 nitrogen and oxygen atoms in total. The summed E-state index contributed by atoms with van der Waals surface area (Å²) in [4.78, 5) is 18.1. The summed E-state index contributed by atoms with van der Waals surface area (Å²) >= 11 is 0. The molecule has 2 aromatic rings. The maximum absolute atomic E-state index is 12.2. The number of rotatable bonds is 4. The number of hydrogen-bond donors (Lipinski definition) is 1. The highest BCUT2D eigenvalue weighted by molar-refractivity contribution is 5.76. The number of furan rings is 1. The molecule has 1 aliphatic heterocycles. The molecule has 1 fully saturated rings.